The van der Waals surface area contributed by atoms with Crippen LogP contribution in [-0.2, 0) is 11.8 Å². The van der Waals surface area contributed by atoms with Gasteiger partial charge in [-0.15, -0.1) is 0 Å². The number of nitrogens with two attached hydrogens (primary N) is 1. The summed E-state index contributed by atoms with van der Waals surface area (Å²) in [5.41, 5.74) is 8.52. The van der Waals surface area contributed by atoms with Gasteiger partial charge >= 0.3 is 5.69 Å². The maximum atomic E-state index is 13.5. The van der Waals surface area contributed by atoms with Crippen LogP contribution < -0.4 is 16.9 Å². The van der Waals surface area contributed by atoms with E-state index >= 15 is 0 Å². The second kappa shape index (κ2) is 8.99. The first-order valence-corrected chi connectivity index (χ1v) is 11.5. The highest BCUT2D eigenvalue weighted by atomic mass is 16.5. The van der Waals surface area contributed by atoms with Gasteiger partial charge in [-0.05, 0) is 19.3 Å². The molecule has 11 heteroatoms. The molecule has 5 rings (SSSR count). The van der Waals surface area contributed by atoms with Crippen LogP contribution in [0.5, 0.6) is 0 Å². The molecule has 1 aliphatic rings. The van der Waals surface area contributed by atoms with Crippen molar-refractivity contribution in [1.29, 1.82) is 0 Å². The summed E-state index contributed by atoms with van der Waals surface area (Å²) in [7, 11) is 3.38. The number of nitrogens with zero attached hydrogens (tertiary/aromatic N) is 5. The predicted molar refractivity (Wildman–Crippen MR) is 133 cm³/mol. The van der Waals surface area contributed by atoms with Crippen molar-refractivity contribution in [2.24, 2.45) is 17.8 Å². The molecule has 0 unspecified atom stereocenters. The molecule has 0 amide bonds. The molecule has 5 heterocycles. The molecule has 1 saturated heterocycles. The van der Waals surface area contributed by atoms with Crippen molar-refractivity contribution in [2.75, 3.05) is 13.7 Å². The molecule has 0 aromatic carbocycles. The molecule has 1 aliphatic heterocycles. The Labute approximate surface area is 199 Å². The number of furan rings is 1. The summed E-state index contributed by atoms with van der Waals surface area (Å²) in [4.78, 5) is 38.1. The number of aromatic amines is 1. The van der Waals surface area contributed by atoms with Crippen LogP contribution in [0.2, 0.25) is 0 Å². The fourth-order valence-corrected chi connectivity index (χ4v) is 4.72. The van der Waals surface area contributed by atoms with Gasteiger partial charge in [0.1, 0.15) is 16.7 Å². The zero-order chi connectivity index (χ0) is 24.7. The lowest BCUT2D eigenvalue weighted by Gasteiger charge is -2.30. The summed E-state index contributed by atoms with van der Waals surface area (Å²) in [5, 5.41) is 4.16. The fraction of sp³-hybridized carbons (Fsp3) is 0.375. The minimum absolute atomic E-state index is 0.0485. The highest BCUT2D eigenvalue weighted by Crippen LogP contribution is 2.35. The molecule has 35 heavy (non-hydrogen) atoms. The SMILES string of the molecule is CC[C@H]1C[C@@H](n2c(=O)[nH]c(C(C=NC)=CN)c3oc4cc(=O)c(-c5cnn(C)c5)nc4c32)CCO1. The Morgan fingerprint density at radius 3 is 2.91 bits per heavy atom. The van der Waals surface area contributed by atoms with E-state index in [1.165, 1.54) is 18.5 Å². The standard InChI is InChI=1S/C24H27N7O4/c1-4-16-7-15(5-6-34-16)31-22-21-18(8-17(32)19(28-21)14-11-27-30(3)12-14)35-23(22)20(29-24(31)33)13(9-25)10-26-2/h8-12,15-16H,4-7,25H2,1-3H3,(H,29,33)/t15-,16-/m0/s1. The molecular weight excluding hydrogens is 450 g/mol. The minimum Gasteiger partial charge on any atom is -0.450 e. The van der Waals surface area contributed by atoms with E-state index in [4.69, 9.17) is 19.9 Å². The third-order valence-electron chi connectivity index (χ3n) is 6.40. The number of aliphatic imine (C=N–C) groups is 1. The maximum Gasteiger partial charge on any atom is 0.326 e. The fourth-order valence-electron chi connectivity index (χ4n) is 4.72. The third kappa shape index (κ3) is 3.87. The topological polar surface area (TPSA) is 146 Å². The van der Waals surface area contributed by atoms with E-state index in [0.29, 0.717) is 52.9 Å². The van der Waals surface area contributed by atoms with Crippen LogP contribution in [0.25, 0.3) is 39.0 Å². The van der Waals surface area contributed by atoms with Gasteiger partial charge in [0.2, 0.25) is 5.43 Å². The van der Waals surface area contributed by atoms with Crippen LogP contribution >= 0.6 is 0 Å². The number of aromatic nitrogens is 5. The smallest absolute Gasteiger partial charge is 0.326 e. The summed E-state index contributed by atoms with van der Waals surface area (Å²) >= 11 is 0. The van der Waals surface area contributed by atoms with Crippen molar-refractivity contribution in [2.45, 2.75) is 38.3 Å². The molecule has 2 atom stereocenters. The average molecular weight is 478 g/mol. The number of H-pyrrole nitrogens is 1. The van der Waals surface area contributed by atoms with E-state index < -0.39 is 0 Å². The van der Waals surface area contributed by atoms with Crippen molar-refractivity contribution >= 4 is 34.0 Å². The second-order valence-corrected chi connectivity index (χ2v) is 8.63. The molecule has 0 aliphatic carbocycles. The van der Waals surface area contributed by atoms with Gasteiger partial charge < -0.3 is 19.9 Å². The molecule has 182 valence electrons. The van der Waals surface area contributed by atoms with Crippen LogP contribution in [0.15, 0.2) is 43.7 Å². The molecule has 1 fully saturated rings. The zero-order valence-corrected chi connectivity index (χ0v) is 19.8. The molecular formula is C24H27N7O4. The number of ether oxygens (including phenoxy) is 1. The summed E-state index contributed by atoms with van der Waals surface area (Å²) in [5.74, 6) is 0. The first-order chi connectivity index (χ1) is 16.9. The second-order valence-electron chi connectivity index (χ2n) is 8.63. The number of pyridine rings is 1. The predicted octanol–water partition coefficient (Wildman–Crippen LogP) is 2.36. The van der Waals surface area contributed by atoms with Crippen LogP contribution in [0.4, 0.5) is 0 Å². The largest absolute Gasteiger partial charge is 0.450 e. The lowest BCUT2D eigenvalue weighted by atomic mass is 10.0. The number of fused-ring (bicyclic) bond motifs is 3. The van der Waals surface area contributed by atoms with Gasteiger partial charge in [-0.1, -0.05) is 6.92 Å². The van der Waals surface area contributed by atoms with Crippen molar-refractivity contribution in [3.05, 3.63) is 51.1 Å². The van der Waals surface area contributed by atoms with Gasteiger partial charge in [0.05, 0.1) is 18.0 Å². The Hall–Kier alpha value is -3.99. The van der Waals surface area contributed by atoms with Crippen LogP contribution in [0.3, 0.4) is 0 Å². The Morgan fingerprint density at radius 1 is 1.40 bits per heavy atom. The molecule has 3 N–H and O–H groups in total. The Kier molecular flexibility index (Phi) is 5.85. The van der Waals surface area contributed by atoms with E-state index in [1.807, 2.05) is 0 Å². The van der Waals surface area contributed by atoms with Crippen LogP contribution in [0, 0.1) is 0 Å². The normalized spacial score (nSPS) is 19.3. The van der Waals surface area contributed by atoms with Gasteiger partial charge in [-0.25, -0.2) is 9.78 Å². The van der Waals surface area contributed by atoms with Crippen molar-refractivity contribution in [3.63, 3.8) is 0 Å². The van der Waals surface area contributed by atoms with Crippen molar-refractivity contribution < 1.29 is 9.15 Å². The van der Waals surface area contributed by atoms with Crippen molar-refractivity contribution in [1.82, 2.24) is 24.3 Å². The third-order valence-corrected chi connectivity index (χ3v) is 6.40. The number of rotatable bonds is 5. The average Bonchev–Trinajstić information content (AvgIpc) is 3.44. The summed E-state index contributed by atoms with van der Waals surface area (Å²) < 4.78 is 15.3. The molecule has 11 nitrogen and oxygen atoms in total. The van der Waals surface area contributed by atoms with Gasteiger partial charge in [0, 0.05) is 62.6 Å². The Balaban J connectivity index is 1.86. The highest BCUT2D eigenvalue weighted by molar-refractivity contribution is 6.14. The molecule has 4 aromatic heterocycles. The first kappa shape index (κ1) is 22.8. The van der Waals surface area contributed by atoms with Gasteiger partial charge in [-0.3, -0.25) is 19.0 Å². The van der Waals surface area contributed by atoms with Crippen LogP contribution in [-0.4, -0.2) is 50.3 Å². The molecule has 0 bridgehead atoms. The summed E-state index contributed by atoms with van der Waals surface area (Å²) in [6, 6.07) is 1.28. The maximum absolute atomic E-state index is 13.5. The number of hydrogen-bond donors (Lipinski definition) is 2. The van der Waals surface area contributed by atoms with Gasteiger partial charge in [0.25, 0.3) is 0 Å². The molecule has 4 aromatic rings. The van der Waals surface area contributed by atoms with E-state index in [2.05, 4.69) is 22.0 Å². The summed E-state index contributed by atoms with van der Waals surface area (Å²) in [6.07, 6.45) is 8.43. The first-order valence-electron chi connectivity index (χ1n) is 11.5. The highest BCUT2D eigenvalue weighted by Gasteiger charge is 2.29. The lowest BCUT2D eigenvalue weighted by Crippen LogP contribution is -2.34. The monoisotopic (exact) mass is 477 g/mol. The molecule has 0 saturated carbocycles. The lowest BCUT2D eigenvalue weighted by molar-refractivity contribution is -0.00711. The van der Waals surface area contributed by atoms with Gasteiger partial charge in [-0.2, -0.15) is 5.10 Å². The number of nitrogens with one attached hydrogen (secondary N) is 1. The minimum atomic E-state index is -0.322. The van der Waals surface area contributed by atoms with E-state index in [1.54, 1.807) is 35.7 Å². The Morgan fingerprint density at radius 2 is 2.23 bits per heavy atom. The van der Waals surface area contributed by atoms with E-state index in [9.17, 15) is 9.59 Å². The number of hydrogen-bond acceptors (Lipinski definition) is 8. The number of aryl methyl sites for hydroxylation is 1. The van der Waals surface area contributed by atoms with E-state index in [-0.39, 0.29) is 34.5 Å². The number of allylic oxidation sites excluding steroid dienone is 1. The van der Waals surface area contributed by atoms with Gasteiger partial charge in [0.15, 0.2) is 11.2 Å². The quantitative estimate of drug-likeness (QED) is 0.420. The zero-order valence-electron chi connectivity index (χ0n) is 19.8. The Bertz CT molecular complexity index is 1590. The molecule has 0 spiro atoms. The van der Waals surface area contributed by atoms with E-state index in [0.717, 1.165) is 6.42 Å². The van der Waals surface area contributed by atoms with Crippen molar-refractivity contribution in [3.8, 4) is 11.3 Å². The summed E-state index contributed by atoms with van der Waals surface area (Å²) in [6.45, 7) is 2.61. The molecule has 0 radical (unpaired) electrons. The van der Waals surface area contributed by atoms with Crippen LogP contribution in [0.1, 0.15) is 37.9 Å².